The standard InChI is InChI=1S/C31H56F2/c32-24-8-4-2-1-3-6-10-26-12-16-28(17-13-26)30-20-22-31(23-21-30)29-18-14-27(15-19-29)11-7-5-9-25-33/h26-31H,1-25H2. The molecule has 194 valence electrons. The summed E-state index contributed by atoms with van der Waals surface area (Å²) in [6.45, 7) is -0.253. The summed E-state index contributed by atoms with van der Waals surface area (Å²) in [6, 6.07) is 0. The lowest BCUT2D eigenvalue weighted by atomic mass is 9.64. The fourth-order valence-corrected chi connectivity index (χ4v) is 7.92. The van der Waals surface area contributed by atoms with Crippen LogP contribution in [0.2, 0.25) is 0 Å². The van der Waals surface area contributed by atoms with Crippen LogP contribution < -0.4 is 0 Å². The van der Waals surface area contributed by atoms with E-state index >= 15 is 0 Å². The van der Waals surface area contributed by atoms with Gasteiger partial charge in [0.15, 0.2) is 0 Å². The van der Waals surface area contributed by atoms with E-state index in [0.717, 1.165) is 61.2 Å². The maximum absolute atomic E-state index is 12.3. The van der Waals surface area contributed by atoms with Crippen molar-refractivity contribution in [2.75, 3.05) is 13.3 Å². The summed E-state index contributed by atoms with van der Waals surface area (Å²) in [5, 5.41) is 0. The normalized spacial score (nSPS) is 33.3. The van der Waals surface area contributed by atoms with Gasteiger partial charge in [0, 0.05) is 0 Å². The van der Waals surface area contributed by atoms with E-state index in [0.29, 0.717) is 0 Å². The third-order valence-corrected chi connectivity index (χ3v) is 10.2. The first-order valence-electron chi connectivity index (χ1n) is 15.4. The Labute approximate surface area is 205 Å². The van der Waals surface area contributed by atoms with Gasteiger partial charge in [-0.25, -0.2) is 0 Å². The van der Waals surface area contributed by atoms with Crippen molar-refractivity contribution < 1.29 is 8.78 Å². The first kappa shape index (κ1) is 27.4. The van der Waals surface area contributed by atoms with E-state index in [-0.39, 0.29) is 13.3 Å². The van der Waals surface area contributed by atoms with Crippen molar-refractivity contribution in [3.63, 3.8) is 0 Å². The Morgan fingerprint density at radius 3 is 0.970 bits per heavy atom. The van der Waals surface area contributed by atoms with Crippen LogP contribution in [0.25, 0.3) is 0 Å². The minimum Gasteiger partial charge on any atom is -0.251 e. The molecule has 3 aliphatic carbocycles. The van der Waals surface area contributed by atoms with Crippen molar-refractivity contribution in [1.82, 2.24) is 0 Å². The number of unbranched alkanes of at least 4 members (excludes halogenated alkanes) is 7. The molecule has 0 unspecified atom stereocenters. The zero-order valence-electron chi connectivity index (χ0n) is 21.9. The Bertz CT molecular complexity index is 454. The van der Waals surface area contributed by atoms with Gasteiger partial charge in [0.1, 0.15) is 0 Å². The quantitative estimate of drug-likeness (QED) is 0.210. The highest BCUT2D eigenvalue weighted by molar-refractivity contribution is 4.86. The molecule has 0 spiro atoms. The first-order chi connectivity index (χ1) is 16.3. The lowest BCUT2D eigenvalue weighted by Crippen LogP contribution is -2.29. The number of hydrogen-bond donors (Lipinski definition) is 0. The second-order valence-corrected chi connectivity index (χ2v) is 12.4. The molecule has 0 aromatic rings. The molecule has 0 saturated heterocycles. The molecule has 0 N–H and O–H groups in total. The molecule has 0 aliphatic heterocycles. The maximum Gasteiger partial charge on any atom is 0.0894 e. The molecule has 2 heteroatoms. The molecule has 3 fully saturated rings. The average molecular weight is 467 g/mol. The first-order valence-corrected chi connectivity index (χ1v) is 15.4. The second-order valence-electron chi connectivity index (χ2n) is 12.4. The van der Waals surface area contributed by atoms with Crippen LogP contribution in [0.3, 0.4) is 0 Å². The smallest absolute Gasteiger partial charge is 0.0894 e. The Morgan fingerprint density at radius 1 is 0.333 bits per heavy atom. The topological polar surface area (TPSA) is 0 Å². The van der Waals surface area contributed by atoms with E-state index in [1.807, 2.05) is 0 Å². The second kappa shape index (κ2) is 16.5. The molecule has 0 heterocycles. The van der Waals surface area contributed by atoms with Crippen LogP contribution in [-0.4, -0.2) is 13.3 Å². The van der Waals surface area contributed by atoms with E-state index < -0.39 is 0 Å². The fourth-order valence-electron chi connectivity index (χ4n) is 7.92. The van der Waals surface area contributed by atoms with E-state index in [2.05, 4.69) is 0 Å². The molecule has 0 bridgehead atoms. The summed E-state index contributed by atoms with van der Waals surface area (Å²) in [6.07, 6.45) is 31.2. The molecule has 3 saturated carbocycles. The van der Waals surface area contributed by atoms with Gasteiger partial charge in [-0.2, -0.15) is 0 Å². The van der Waals surface area contributed by atoms with E-state index in [9.17, 15) is 8.78 Å². The van der Waals surface area contributed by atoms with Crippen molar-refractivity contribution in [2.45, 2.75) is 148 Å². The van der Waals surface area contributed by atoms with Gasteiger partial charge in [0.25, 0.3) is 0 Å². The van der Waals surface area contributed by atoms with Crippen LogP contribution in [0.4, 0.5) is 8.78 Å². The Morgan fingerprint density at radius 2 is 0.606 bits per heavy atom. The highest BCUT2D eigenvalue weighted by Crippen LogP contribution is 2.46. The van der Waals surface area contributed by atoms with Crippen LogP contribution in [-0.2, 0) is 0 Å². The lowest BCUT2D eigenvalue weighted by Gasteiger charge is -2.41. The Kier molecular flexibility index (Phi) is 13.7. The number of rotatable bonds is 15. The molecule has 0 nitrogen and oxygen atoms in total. The SMILES string of the molecule is FCCCCCCCCC1CCC(C2CCC(C3CCC(CCCCCF)CC3)CC2)CC1. The minimum atomic E-state index is -0.129. The predicted molar refractivity (Wildman–Crippen MR) is 139 cm³/mol. The van der Waals surface area contributed by atoms with Gasteiger partial charge in [0.05, 0.1) is 13.3 Å². The summed E-state index contributed by atoms with van der Waals surface area (Å²) in [4.78, 5) is 0. The van der Waals surface area contributed by atoms with Gasteiger partial charge in [-0.15, -0.1) is 0 Å². The summed E-state index contributed by atoms with van der Waals surface area (Å²) in [5.41, 5.74) is 0. The molecule has 3 aliphatic rings. The average Bonchev–Trinajstić information content (AvgIpc) is 2.87. The molecule has 0 aromatic carbocycles. The molecular weight excluding hydrogens is 410 g/mol. The van der Waals surface area contributed by atoms with Gasteiger partial charge >= 0.3 is 0 Å². The van der Waals surface area contributed by atoms with E-state index in [1.165, 1.54) is 122 Å². The third-order valence-electron chi connectivity index (χ3n) is 10.2. The predicted octanol–water partition coefficient (Wildman–Crippen LogP) is 10.6. The zero-order valence-corrected chi connectivity index (χ0v) is 21.9. The summed E-state index contributed by atoms with van der Waals surface area (Å²) in [5.74, 6) is 6.12. The van der Waals surface area contributed by atoms with Crippen LogP contribution in [0, 0.1) is 35.5 Å². The summed E-state index contributed by atoms with van der Waals surface area (Å²) < 4.78 is 24.4. The van der Waals surface area contributed by atoms with Crippen molar-refractivity contribution >= 4 is 0 Å². The lowest BCUT2D eigenvalue weighted by molar-refractivity contribution is 0.102. The molecule has 0 amide bonds. The molecule has 0 radical (unpaired) electrons. The minimum absolute atomic E-state index is 0.124. The third kappa shape index (κ3) is 10.2. The monoisotopic (exact) mass is 466 g/mol. The number of halogens is 2. The maximum atomic E-state index is 12.3. The fraction of sp³-hybridized carbons (Fsp3) is 1.00. The highest BCUT2D eigenvalue weighted by atomic mass is 19.1. The van der Waals surface area contributed by atoms with Gasteiger partial charge in [-0.1, -0.05) is 83.5 Å². The molecule has 33 heavy (non-hydrogen) atoms. The highest BCUT2D eigenvalue weighted by Gasteiger charge is 2.34. The van der Waals surface area contributed by atoms with Crippen LogP contribution in [0.5, 0.6) is 0 Å². The summed E-state index contributed by atoms with van der Waals surface area (Å²) in [7, 11) is 0. The summed E-state index contributed by atoms with van der Waals surface area (Å²) >= 11 is 0. The molecule has 0 atom stereocenters. The van der Waals surface area contributed by atoms with Crippen molar-refractivity contribution in [1.29, 1.82) is 0 Å². The number of hydrogen-bond acceptors (Lipinski definition) is 0. The van der Waals surface area contributed by atoms with Crippen molar-refractivity contribution in [2.24, 2.45) is 35.5 Å². The zero-order chi connectivity index (χ0) is 23.1. The van der Waals surface area contributed by atoms with Gasteiger partial charge in [-0.05, 0) is 99.7 Å². The largest absolute Gasteiger partial charge is 0.251 e. The van der Waals surface area contributed by atoms with Crippen LogP contribution >= 0.6 is 0 Å². The molecule has 0 aromatic heterocycles. The van der Waals surface area contributed by atoms with E-state index in [4.69, 9.17) is 0 Å². The van der Waals surface area contributed by atoms with E-state index in [1.54, 1.807) is 0 Å². The van der Waals surface area contributed by atoms with Crippen molar-refractivity contribution in [3.8, 4) is 0 Å². The van der Waals surface area contributed by atoms with Crippen LogP contribution in [0.1, 0.15) is 148 Å². The van der Waals surface area contributed by atoms with Crippen molar-refractivity contribution in [3.05, 3.63) is 0 Å². The van der Waals surface area contributed by atoms with Gasteiger partial charge in [-0.3, -0.25) is 8.78 Å². The molecular formula is C31H56F2. The number of alkyl halides is 2. The van der Waals surface area contributed by atoms with Gasteiger partial charge in [0.2, 0.25) is 0 Å². The van der Waals surface area contributed by atoms with Gasteiger partial charge < -0.3 is 0 Å². The van der Waals surface area contributed by atoms with Crippen LogP contribution in [0.15, 0.2) is 0 Å². The Balaban J connectivity index is 1.21. The molecule has 3 rings (SSSR count). The Hall–Kier alpha value is -0.140.